The zero-order chi connectivity index (χ0) is 26.3. The number of hydrogen-bond acceptors (Lipinski definition) is 6. The maximum absolute atomic E-state index is 13.5. The Labute approximate surface area is 213 Å². The van der Waals surface area contributed by atoms with E-state index < -0.39 is 5.97 Å². The molecule has 8 nitrogen and oxygen atoms in total. The van der Waals surface area contributed by atoms with E-state index in [1.54, 1.807) is 48.3 Å². The monoisotopic (exact) mass is 494 g/mol. The average Bonchev–Trinajstić information content (AvgIpc) is 3.32. The van der Waals surface area contributed by atoms with Gasteiger partial charge in [-0.1, -0.05) is 18.2 Å². The quantitative estimate of drug-likeness (QED) is 0.309. The summed E-state index contributed by atoms with van der Waals surface area (Å²) >= 11 is 0. The lowest BCUT2D eigenvalue weighted by atomic mass is 9.98. The normalized spacial score (nSPS) is 12.0. The van der Waals surface area contributed by atoms with E-state index in [1.165, 1.54) is 0 Å². The molecule has 0 aliphatic carbocycles. The number of carboxylic acids is 1. The molecule has 0 aliphatic rings. The highest BCUT2D eigenvalue weighted by molar-refractivity contribution is 5.94. The van der Waals surface area contributed by atoms with Crippen molar-refractivity contribution in [2.24, 2.45) is 7.05 Å². The standard InChI is InChI=1S/C29H26N4O4/c1-16-11-22(18(3)32-25-8-6-5-7-21(25)29(35)36)28-23(12-16)26(34)17(2)27(37-28)19-9-10-24(30-13-19)20-14-31-33(4)15-20/h5-15,18,32H,1-4H3,(H,35,36)/t18-/m1/s1. The van der Waals surface area contributed by atoms with Crippen molar-refractivity contribution < 1.29 is 14.3 Å². The van der Waals surface area contributed by atoms with E-state index in [2.05, 4.69) is 15.4 Å². The molecular formula is C29H26N4O4. The summed E-state index contributed by atoms with van der Waals surface area (Å²) in [4.78, 5) is 29.7. The van der Waals surface area contributed by atoms with Crippen LogP contribution < -0.4 is 10.7 Å². The fourth-order valence-electron chi connectivity index (χ4n) is 4.52. The van der Waals surface area contributed by atoms with Crippen molar-refractivity contribution >= 4 is 22.6 Å². The Bertz CT molecular complexity index is 1700. The highest BCUT2D eigenvalue weighted by Gasteiger charge is 2.20. The Morgan fingerprint density at radius 1 is 1.08 bits per heavy atom. The Kier molecular flexibility index (Phi) is 6.09. The number of hydrogen-bond donors (Lipinski definition) is 2. The number of nitrogens with zero attached hydrogens (tertiary/aromatic N) is 3. The first-order chi connectivity index (χ1) is 17.7. The molecule has 2 aromatic carbocycles. The number of carboxylic acid groups (broad SMARTS) is 1. The van der Waals surface area contributed by atoms with E-state index in [0.717, 1.165) is 22.4 Å². The third-order valence-electron chi connectivity index (χ3n) is 6.41. The largest absolute Gasteiger partial charge is 0.478 e. The van der Waals surface area contributed by atoms with Gasteiger partial charge in [0.15, 0.2) is 5.43 Å². The minimum atomic E-state index is -1.02. The minimum Gasteiger partial charge on any atom is -0.478 e. The van der Waals surface area contributed by atoms with Gasteiger partial charge in [0.25, 0.3) is 0 Å². The maximum Gasteiger partial charge on any atom is 0.337 e. The molecule has 5 rings (SSSR count). The van der Waals surface area contributed by atoms with Crippen molar-refractivity contribution in [3.05, 3.63) is 99.6 Å². The van der Waals surface area contributed by atoms with E-state index in [0.29, 0.717) is 33.5 Å². The highest BCUT2D eigenvalue weighted by atomic mass is 16.4. The van der Waals surface area contributed by atoms with Crippen LogP contribution in [-0.4, -0.2) is 25.8 Å². The molecule has 0 amide bonds. The number of aryl methyl sites for hydroxylation is 2. The molecule has 0 unspecified atom stereocenters. The summed E-state index contributed by atoms with van der Waals surface area (Å²) in [5.74, 6) is -0.568. The van der Waals surface area contributed by atoms with Crippen molar-refractivity contribution in [3.8, 4) is 22.6 Å². The molecule has 3 heterocycles. The van der Waals surface area contributed by atoms with Gasteiger partial charge in [-0.05, 0) is 56.7 Å². The summed E-state index contributed by atoms with van der Waals surface area (Å²) in [6.45, 7) is 5.59. The molecule has 0 aliphatic heterocycles. The number of nitrogens with one attached hydrogen (secondary N) is 1. The van der Waals surface area contributed by atoms with Gasteiger partial charge in [0.2, 0.25) is 0 Å². The summed E-state index contributed by atoms with van der Waals surface area (Å²) in [6.07, 6.45) is 5.32. The van der Waals surface area contributed by atoms with Crippen LogP contribution in [0.15, 0.2) is 76.3 Å². The third-order valence-corrected chi connectivity index (χ3v) is 6.41. The van der Waals surface area contributed by atoms with Crippen LogP contribution in [-0.2, 0) is 7.05 Å². The number of rotatable bonds is 6. The molecule has 2 N–H and O–H groups in total. The third kappa shape index (κ3) is 4.49. The number of para-hydroxylation sites is 1. The predicted octanol–water partition coefficient (Wildman–Crippen LogP) is 5.74. The predicted molar refractivity (Wildman–Crippen MR) is 143 cm³/mol. The van der Waals surface area contributed by atoms with E-state index in [9.17, 15) is 14.7 Å². The number of fused-ring (bicyclic) bond motifs is 1. The van der Waals surface area contributed by atoms with E-state index >= 15 is 0 Å². The van der Waals surface area contributed by atoms with Gasteiger partial charge in [-0.3, -0.25) is 14.5 Å². The van der Waals surface area contributed by atoms with Gasteiger partial charge < -0.3 is 14.8 Å². The summed E-state index contributed by atoms with van der Waals surface area (Å²) in [5, 5.41) is 17.5. The first-order valence-electron chi connectivity index (χ1n) is 11.8. The van der Waals surface area contributed by atoms with Gasteiger partial charge in [0.1, 0.15) is 11.3 Å². The molecule has 0 saturated carbocycles. The molecule has 1 atom stereocenters. The molecule has 0 radical (unpaired) electrons. The number of anilines is 1. The van der Waals surface area contributed by atoms with Crippen molar-refractivity contribution in [2.45, 2.75) is 26.8 Å². The Morgan fingerprint density at radius 2 is 1.86 bits per heavy atom. The van der Waals surface area contributed by atoms with Crippen molar-refractivity contribution in [1.82, 2.24) is 14.8 Å². The van der Waals surface area contributed by atoms with Crippen molar-refractivity contribution in [3.63, 3.8) is 0 Å². The van der Waals surface area contributed by atoms with Gasteiger partial charge in [-0.25, -0.2) is 4.79 Å². The summed E-state index contributed by atoms with van der Waals surface area (Å²) in [6, 6.07) is 13.9. The van der Waals surface area contributed by atoms with Gasteiger partial charge in [0.05, 0.1) is 28.9 Å². The lowest BCUT2D eigenvalue weighted by Crippen LogP contribution is -2.14. The lowest BCUT2D eigenvalue weighted by Gasteiger charge is -2.20. The number of benzene rings is 2. The number of aromatic carboxylic acids is 1. The molecule has 0 saturated heterocycles. The lowest BCUT2D eigenvalue weighted by molar-refractivity contribution is 0.0698. The fourth-order valence-corrected chi connectivity index (χ4v) is 4.52. The molecule has 0 spiro atoms. The molecule has 37 heavy (non-hydrogen) atoms. The Balaban J connectivity index is 1.60. The second-order valence-corrected chi connectivity index (χ2v) is 9.17. The molecule has 0 bridgehead atoms. The molecule has 0 fully saturated rings. The van der Waals surface area contributed by atoms with Gasteiger partial charge in [-0.15, -0.1) is 0 Å². The SMILES string of the molecule is Cc1cc([C@@H](C)Nc2ccccc2C(=O)O)c2oc(-c3ccc(-c4cnn(C)c4)nc3)c(C)c(=O)c2c1. The van der Waals surface area contributed by atoms with Crippen LogP contribution >= 0.6 is 0 Å². The second-order valence-electron chi connectivity index (χ2n) is 9.17. The Hall–Kier alpha value is -4.72. The number of pyridine rings is 1. The van der Waals surface area contributed by atoms with Gasteiger partial charge in [-0.2, -0.15) is 5.10 Å². The zero-order valence-corrected chi connectivity index (χ0v) is 20.9. The van der Waals surface area contributed by atoms with Crippen LogP contribution in [0.2, 0.25) is 0 Å². The van der Waals surface area contributed by atoms with Crippen LogP contribution in [0.25, 0.3) is 33.6 Å². The van der Waals surface area contributed by atoms with E-state index in [1.807, 2.05) is 51.4 Å². The van der Waals surface area contributed by atoms with Crippen molar-refractivity contribution in [2.75, 3.05) is 5.32 Å². The molecule has 8 heteroatoms. The van der Waals surface area contributed by atoms with Gasteiger partial charge >= 0.3 is 5.97 Å². The smallest absolute Gasteiger partial charge is 0.337 e. The summed E-state index contributed by atoms with van der Waals surface area (Å²) in [5.41, 5.74) is 5.51. The van der Waals surface area contributed by atoms with E-state index in [-0.39, 0.29) is 17.0 Å². The second kappa shape index (κ2) is 9.39. The number of aromatic nitrogens is 3. The molecular weight excluding hydrogens is 468 g/mol. The summed E-state index contributed by atoms with van der Waals surface area (Å²) in [7, 11) is 1.85. The Morgan fingerprint density at radius 3 is 2.54 bits per heavy atom. The van der Waals surface area contributed by atoms with Crippen LogP contribution in [0.5, 0.6) is 0 Å². The zero-order valence-electron chi connectivity index (χ0n) is 20.9. The van der Waals surface area contributed by atoms with Crippen LogP contribution in [0.1, 0.15) is 40.0 Å². The first-order valence-corrected chi connectivity index (χ1v) is 11.8. The molecule has 186 valence electrons. The number of carbonyl (C=O) groups is 1. The van der Waals surface area contributed by atoms with Gasteiger partial charge in [0, 0.05) is 47.4 Å². The molecule has 5 aromatic rings. The van der Waals surface area contributed by atoms with Crippen molar-refractivity contribution in [1.29, 1.82) is 0 Å². The van der Waals surface area contributed by atoms with Crippen LogP contribution in [0.3, 0.4) is 0 Å². The van der Waals surface area contributed by atoms with E-state index in [4.69, 9.17) is 4.42 Å². The minimum absolute atomic E-state index is 0.115. The fraction of sp³-hybridized carbons (Fsp3) is 0.172. The van der Waals surface area contributed by atoms with Crippen LogP contribution in [0.4, 0.5) is 5.69 Å². The average molecular weight is 495 g/mol. The highest BCUT2D eigenvalue weighted by Crippen LogP contribution is 2.33. The molecule has 3 aromatic heterocycles. The summed E-state index contributed by atoms with van der Waals surface area (Å²) < 4.78 is 8.13. The first kappa shape index (κ1) is 24.0. The topological polar surface area (TPSA) is 110 Å². The maximum atomic E-state index is 13.5. The van der Waals surface area contributed by atoms with Crippen LogP contribution in [0, 0.1) is 13.8 Å².